The molecule has 4 N–H and O–H groups in total. The fourth-order valence-corrected chi connectivity index (χ4v) is 4.57. The van der Waals surface area contributed by atoms with Crippen LogP contribution in [0.15, 0.2) is 48.7 Å². The van der Waals surface area contributed by atoms with Crippen LogP contribution in [-0.2, 0) is 11.2 Å². The van der Waals surface area contributed by atoms with Gasteiger partial charge in [-0.2, -0.15) is 0 Å². The highest BCUT2D eigenvalue weighted by Gasteiger charge is 2.23. The zero-order valence-corrected chi connectivity index (χ0v) is 19.7. The van der Waals surface area contributed by atoms with E-state index in [1.54, 1.807) is 6.20 Å². The summed E-state index contributed by atoms with van der Waals surface area (Å²) in [5, 5.41) is 16.5. The lowest BCUT2D eigenvalue weighted by atomic mass is 9.93. The minimum atomic E-state index is -1.14. The first-order chi connectivity index (χ1) is 17.0. The van der Waals surface area contributed by atoms with E-state index >= 15 is 0 Å². The summed E-state index contributed by atoms with van der Waals surface area (Å²) < 4.78 is 19.1. The smallest absolute Gasteiger partial charge is 0.326 e. The lowest BCUT2D eigenvalue weighted by Crippen LogP contribution is -2.42. The predicted octanol–water partition coefficient (Wildman–Crippen LogP) is 4.28. The molecule has 1 saturated heterocycles. The van der Waals surface area contributed by atoms with Crippen LogP contribution in [0.1, 0.15) is 48.0 Å². The Labute approximate surface area is 204 Å². The van der Waals surface area contributed by atoms with Gasteiger partial charge in [0.2, 0.25) is 0 Å². The van der Waals surface area contributed by atoms with Crippen LogP contribution in [-0.4, -0.2) is 47.7 Å². The quantitative estimate of drug-likeness (QED) is 0.306. The molecule has 2 aromatic carbocycles. The Morgan fingerprint density at radius 1 is 1.11 bits per heavy atom. The fraction of sp³-hybridized carbons (Fsp3) is 0.407. The molecule has 0 saturated carbocycles. The van der Waals surface area contributed by atoms with Crippen LogP contribution in [0, 0.1) is 11.7 Å². The van der Waals surface area contributed by atoms with Gasteiger partial charge in [0.1, 0.15) is 17.6 Å². The molecule has 1 atom stereocenters. The van der Waals surface area contributed by atoms with Crippen molar-refractivity contribution in [3.8, 4) is 5.75 Å². The number of piperidine rings is 1. The molecular weight excluding hydrogens is 449 g/mol. The summed E-state index contributed by atoms with van der Waals surface area (Å²) in [6.45, 7) is 2.89. The summed E-state index contributed by atoms with van der Waals surface area (Å²) in [7, 11) is 0. The number of amides is 1. The maximum Gasteiger partial charge on any atom is 0.326 e. The molecule has 1 fully saturated rings. The molecular formula is C27H32FN3O4. The SMILES string of the molecule is O=C(N[C@@H](Cc1c[nH]c2ccc(OCCCCC3CCNCC3)cc12)C(=O)O)c1ccc(F)cc1. The lowest BCUT2D eigenvalue weighted by Gasteiger charge is -2.22. The van der Waals surface area contributed by atoms with Gasteiger partial charge >= 0.3 is 5.97 Å². The largest absolute Gasteiger partial charge is 0.494 e. The van der Waals surface area contributed by atoms with Crippen LogP contribution >= 0.6 is 0 Å². The first kappa shape index (κ1) is 24.7. The van der Waals surface area contributed by atoms with Gasteiger partial charge in [-0.25, -0.2) is 9.18 Å². The second-order valence-electron chi connectivity index (χ2n) is 9.13. The molecule has 0 bridgehead atoms. The number of fused-ring (bicyclic) bond motifs is 1. The van der Waals surface area contributed by atoms with Crippen molar-refractivity contribution >= 4 is 22.8 Å². The number of aromatic amines is 1. The zero-order valence-electron chi connectivity index (χ0n) is 19.7. The van der Waals surface area contributed by atoms with Crippen molar-refractivity contribution in [2.75, 3.05) is 19.7 Å². The number of unbranched alkanes of at least 4 members (excludes halogenated alkanes) is 1. The van der Waals surface area contributed by atoms with Crippen molar-refractivity contribution in [1.29, 1.82) is 0 Å². The second kappa shape index (κ2) is 11.8. The van der Waals surface area contributed by atoms with Crippen LogP contribution < -0.4 is 15.4 Å². The highest BCUT2D eigenvalue weighted by Crippen LogP contribution is 2.25. The van der Waals surface area contributed by atoms with Gasteiger partial charge in [-0.1, -0.05) is 6.42 Å². The molecule has 3 aromatic rings. The van der Waals surface area contributed by atoms with E-state index in [1.807, 2.05) is 18.2 Å². The fourth-order valence-electron chi connectivity index (χ4n) is 4.57. The third-order valence-electron chi connectivity index (χ3n) is 6.61. The maximum absolute atomic E-state index is 13.1. The molecule has 1 aromatic heterocycles. The monoisotopic (exact) mass is 481 g/mol. The Morgan fingerprint density at radius 2 is 1.89 bits per heavy atom. The van der Waals surface area contributed by atoms with Crippen LogP contribution in [0.3, 0.4) is 0 Å². The van der Waals surface area contributed by atoms with E-state index in [1.165, 1.54) is 43.5 Å². The number of carbonyl (C=O) groups excluding carboxylic acids is 1. The van der Waals surface area contributed by atoms with Crippen LogP contribution in [0.25, 0.3) is 10.9 Å². The van der Waals surface area contributed by atoms with E-state index in [4.69, 9.17) is 4.74 Å². The molecule has 2 heterocycles. The van der Waals surface area contributed by atoms with E-state index < -0.39 is 23.7 Å². The molecule has 0 radical (unpaired) electrons. The maximum atomic E-state index is 13.1. The average molecular weight is 482 g/mol. The van der Waals surface area contributed by atoms with Gasteiger partial charge in [-0.3, -0.25) is 4.79 Å². The van der Waals surface area contributed by atoms with E-state index in [0.29, 0.717) is 6.61 Å². The number of rotatable bonds is 11. The summed E-state index contributed by atoms with van der Waals surface area (Å²) in [5.74, 6) is -0.611. The topological polar surface area (TPSA) is 103 Å². The Balaban J connectivity index is 1.34. The summed E-state index contributed by atoms with van der Waals surface area (Å²) >= 11 is 0. The Hall–Kier alpha value is -3.39. The number of hydrogen-bond acceptors (Lipinski definition) is 4. The number of ether oxygens (including phenoxy) is 1. The molecule has 0 spiro atoms. The van der Waals surface area contributed by atoms with Gasteiger partial charge in [0.25, 0.3) is 5.91 Å². The van der Waals surface area contributed by atoms with Crippen molar-refractivity contribution in [2.45, 2.75) is 44.6 Å². The van der Waals surface area contributed by atoms with Gasteiger partial charge in [-0.05, 0) is 92.7 Å². The third kappa shape index (κ3) is 6.82. The minimum Gasteiger partial charge on any atom is -0.494 e. The highest BCUT2D eigenvalue weighted by atomic mass is 19.1. The molecule has 0 unspecified atom stereocenters. The van der Waals surface area contributed by atoms with Gasteiger partial charge in [0.15, 0.2) is 0 Å². The third-order valence-corrected chi connectivity index (χ3v) is 6.61. The summed E-state index contributed by atoms with van der Waals surface area (Å²) in [4.78, 5) is 27.5. The second-order valence-corrected chi connectivity index (χ2v) is 9.13. The molecule has 1 aliphatic heterocycles. The lowest BCUT2D eigenvalue weighted by molar-refractivity contribution is -0.139. The van der Waals surface area contributed by atoms with Gasteiger partial charge in [-0.15, -0.1) is 0 Å². The first-order valence-corrected chi connectivity index (χ1v) is 12.2. The summed E-state index contributed by atoms with van der Waals surface area (Å²) in [5.41, 5.74) is 1.84. The van der Waals surface area contributed by atoms with Crippen LogP contribution in [0.5, 0.6) is 5.75 Å². The molecule has 35 heavy (non-hydrogen) atoms. The molecule has 4 rings (SSSR count). The molecule has 0 aliphatic carbocycles. The minimum absolute atomic E-state index is 0.0992. The van der Waals surface area contributed by atoms with E-state index in [9.17, 15) is 19.1 Å². The number of carbonyl (C=O) groups is 2. The zero-order chi connectivity index (χ0) is 24.6. The molecule has 1 aliphatic rings. The standard InChI is InChI=1S/C27H32FN3O4/c28-21-6-4-19(5-7-21)26(32)31-25(27(33)34)15-20-17-30-24-9-8-22(16-23(20)24)35-14-2-1-3-18-10-12-29-13-11-18/h4-9,16-18,25,29-30H,1-3,10-15H2,(H,31,32)(H,33,34)/t25-/m0/s1. The van der Waals surface area contributed by atoms with Crippen molar-refractivity contribution in [3.63, 3.8) is 0 Å². The number of aromatic nitrogens is 1. The molecule has 7 nitrogen and oxygen atoms in total. The van der Waals surface area contributed by atoms with Crippen molar-refractivity contribution in [1.82, 2.24) is 15.6 Å². The molecule has 186 valence electrons. The number of hydrogen-bond donors (Lipinski definition) is 4. The highest BCUT2D eigenvalue weighted by molar-refractivity contribution is 5.96. The number of aliphatic carboxylic acids is 1. The van der Waals surface area contributed by atoms with Gasteiger partial charge in [0.05, 0.1) is 6.61 Å². The molecule has 8 heteroatoms. The van der Waals surface area contributed by atoms with E-state index in [-0.39, 0.29) is 12.0 Å². The number of carboxylic acid groups (broad SMARTS) is 1. The predicted molar refractivity (Wildman–Crippen MR) is 132 cm³/mol. The molecule has 1 amide bonds. The normalized spacial score (nSPS) is 15.1. The van der Waals surface area contributed by atoms with Crippen molar-refractivity contribution in [3.05, 3.63) is 65.6 Å². The van der Waals surface area contributed by atoms with E-state index in [2.05, 4.69) is 15.6 Å². The van der Waals surface area contributed by atoms with Gasteiger partial charge in [0, 0.05) is 29.1 Å². The number of carboxylic acids is 1. The number of nitrogens with one attached hydrogen (secondary N) is 3. The van der Waals surface area contributed by atoms with Crippen molar-refractivity contribution < 1.29 is 23.8 Å². The van der Waals surface area contributed by atoms with Crippen LogP contribution in [0.2, 0.25) is 0 Å². The van der Waals surface area contributed by atoms with Crippen molar-refractivity contribution in [2.24, 2.45) is 5.92 Å². The Bertz CT molecular complexity index is 1140. The Kier molecular flexibility index (Phi) is 8.36. The Morgan fingerprint density at radius 3 is 2.63 bits per heavy atom. The summed E-state index contributed by atoms with van der Waals surface area (Å²) in [6, 6.07) is 9.58. The number of benzene rings is 2. The summed E-state index contributed by atoms with van der Waals surface area (Å²) in [6.07, 6.45) is 7.77. The van der Waals surface area contributed by atoms with Gasteiger partial charge < -0.3 is 25.5 Å². The number of halogens is 1. The van der Waals surface area contributed by atoms with E-state index in [0.717, 1.165) is 54.1 Å². The first-order valence-electron chi connectivity index (χ1n) is 12.2. The average Bonchev–Trinajstić information content (AvgIpc) is 3.26. The van der Waals surface area contributed by atoms with Crippen LogP contribution in [0.4, 0.5) is 4.39 Å². The number of H-pyrrole nitrogens is 1.